The molecule has 0 unspecified atom stereocenters. The van der Waals surface area contributed by atoms with Gasteiger partial charge in [-0.3, -0.25) is 4.79 Å². The number of hydrogen-bond donors (Lipinski definition) is 0. The van der Waals surface area contributed by atoms with Crippen molar-refractivity contribution in [3.05, 3.63) is 63.1 Å². The SMILES string of the molecule is COC(=O)c1cc(Cc2cccc(OC)c2)c(=O)n2c1CCC2. The van der Waals surface area contributed by atoms with E-state index < -0.39 is 0 Å². The van der Waals surface area contributed by atoms with E-state index in [4.69, 9.17) is 9.47 Å². The second-order valence-corrected chi connectivity index (χ2v) is 5.61. The summed E-state index contributed by atoms with van der Waals surface area (Å²) in [7, 11) is 2.97. The molecule has 23 heavy (non-hydrogen) atoms. The van der Waals surface area contributed by atoms with Crippen LogP contribution in [-0.2, 0) is 24.1 Å². The summed E-state index contributed by atoms with van der Waals surface area (Å²) in [5, 5.41) is 0. The van der Waals surface area contributed by atoms with Crippen molar-refractivity contribution in [3.8, 4) is 5.75 Å². The number of hydrogen-bond acceptors (Lipinski definition) is 4. The molecule has 0 N–H and O–H groups in total. The molecule has 0 atom stereocenters. The first-order valence-electron chi connectivity index (χ1n) is 7.61. The summed E-state index contributed by atoms with van der Waals surface area (Å²) in [5.41, 5.74) is 2.84. The molecule has 0 radical (unpaired) electrons. The molecule has 0 bridgehead atoms. The molecule has 1 aliphatic rings. The Labute approximate surface area is 134 Å². The van der Waals surface area contributed by atoms with E-state index in [2.05, 4.69) is 0 Å². The van der Waals surface area contributed by atoms with Gasteiger partial charge in [-0.1, -0.05) is 12.1 Å². The summed E-state index contributed by atoms with van der Waals surface area (Å²) >= 11 is 0. The molecule has 0 aliphatic carbocycles. The van der Waals surface area contributed by atoms with E-state index in [1.54, 1.807) is 17.7 Å². The molecule has 0 fully saturated rings. The number of nitrogens with zero attached hydrogens (tertiary/aromatic N) is 1. The van der Waals surface area contributed by atoms with E-state index in [0.717, 1.165) is 29.8 Å². The molecule has 0 amide bonds. The third-order valence-corrected chi connectivity index (χ3v) is 4.20. The van der Waals surface area contributed by atoms with Gasteiger partial charge in [-0.05, 0) is 36.6 Å². The third-order valence-electron chi connectivity index (χ3n) is 4.20. The first-order valence-corrected chi connectivity index (χ1v) is 7.61. The predicted octanol–water partition coefficient (Wildman–Crippen LogP) is 2.18. The smallest absolute Gasteiger partial charge is 0.339 e. The molecule has 3 rings (SSSR count). The van der Waals surface area contributed by atoms with Gasteiger partial charge in [0, 0.05) is 24.2 Å². The summed E-state index contributed by atoms with van der Waals surface area (Å²) in [6.07, 6.45) is 2.07. The van der Waals surface area contributed by atoms with Gasteiger partial charge in [-0.2, -0.15) is 0 Å². The number of esters is 1. The van der Waals surface area contributed by atoms with E-state index in [9.17, 15) is 9.59 Å². The highest BCUT2D eigenvalue weighted by Crippen LogP contribution is 2.21. The fraction of sp³-hybridized carbons (Fsp3) is 0.333. The lowest BCUT2D eigenvalue weighted by atomic mass is 10.0. The van der Waals surface area contributed by atoms with Gasteiger partial charge in [-0.25, -0.2) is 4.79 Å². The van der Waals surface area contributed by atoms with Crippen LogP contribution in [0.15, 0.2) is 35.1 Å². The summed E-state index contributed by atoms with van der Waals surface area (Å²) in [4.78, 5) is 24.7. The number of ether oxygens (including phenoxy) is 2. The highest BCUT2D eigenvalue weighted by Gasteiger charge is 2.23. The fourth-order valence-electron chi connectivity index (χ4n) is 3.09. The van der Waals surface area contributed by atoms with Crippen molar-refractivity contribution in [2.75, 3.05) is 14.2 Å². The predicted molar refractivity (Wildman–Crippen MR) is 86.2 cm³/mol. The van der Waals surface area contributed by atoms with Crippen molar-refractivity contribution in [1.82, 2.24) is 4.57 Å². The van der Waals surface area contributed by atoms with Gasteiger partial charge < -0.3 is 14.0 Å². The lowest BCUT2D eigenvalue weighted by molar-refractivity contribution is 0.0598. The molecule has 120 valence electrons. The van der Waals surface area contributed by atoms with E-state index >= 15 is 0 Å². The molecular formula is C18H19NO4. The maximum Gasteiger partial charge on any atom is 0.339 e. The maximum absolute atomic E-state index is 12.7. The minimum Gasteiger partial charge on any atom is -0.497 e. The van der Waals surface area contributed by atoms with Crippen LogP contribution in [0.5, 0.6) is 5.75 Å². The number of carbonyl (C=O) groups is 1. The van der Waals surface area contributed by atoms with Crippen LogP contribution in [0, 0.1) is 0 Å². The molecule has 1 aromatic heterocycles. The molecule has 2 aromatic rings. The Kier molecular flexibility index (Phi) is 4.19. The Bertz CT molecular complexity index is 807. The van der Waals surface area contributed by atoms with Gasteiger partial charge in [0.15, 0.2) is 0 Å². The van der Waals surface area contributed by atoms with E-state index in [0.29, 0.717) is 24.1 Å². The van der Waals surface area contributed by atoms with Crippen molar-refractivity contribution in [1.29, 1.82) is 0 Å². The van der Waals surface area contributed by atoms with Crippen LogP contribution in [0.2, 0.25) is 0 Å². The molecule has 0 saturated carbocycles. The Balaban J connectivity index is 2.05. The molecule has 2 heterocycles. The molecule has 0 saturated heterocycles. The number of aromatic nitrogens is 1. The normalized spacial score (nSPS) is 12.8. The summed E-state index contributed by atoms with van der Waals surface area (Å²) < 4.78 is 11.8. The van der Waals surface area contributed by atoms with Gasteiger partial charge >= 0.3 is 5.97 Å². The van der Waals surface area contributed by atoms with Crippen molar-refractivity contribution >= 4 is 5.97 Å². The van der Waals surface area contributed by atoms with Crippen LogP contribution in [0.4, 0.5) is 0 Å². The Morgan fingerprint density at radius 3 is 2.83 bits per heavy atom. The van der Waals surface area contributed by atoms with Crippen LogP contribution >= 0.6 is 0 Å². The Hall–Kier alpha value is -2.56. The average Bonchev–Trinajstić information content (AvgIpc) is 3.07. The minimum absolute atomic E-state index is 0.0204. The standard InChI is InChI=1S/C18H19NO4/c1-22-14-6-3-5-12(10-14)9-13-11-15(18(21)23-2)16-7-4-8-19(16)17(13)20/h3,5-6,10-11H,4,7-9H2,1-2H3. The van der Waals surface area contributed by atoms with Crippen molar-refractivity contribution in [3.63, 3.8) is 0 Å². The first-order chi connectivity index (χ1) is 11.1. The zero-order valence-electron chi connectivity index (χ0n) is 13.3. The summed E-state index contributed by atoms with van der Waals surface area (Å²) in [5.74, 6) is 0.361. The Morgan fingerprint density at radius 2 is 2.09 bits per heavy atom. The van der Waals surface area contributed by atoms with Gasteiger partial charge in [-0.15, -0.1) is 0 Å². The highest BCUT2D eigenvalue weighted by molar-refractivity contribution is 5.90. The molecule has 0 spiro atoms. The average molecular weight is 313 g/mol. The van der Waals surface area contributed by atoms with E-state index in [-0.39, 0.29) is 11.5 Å². The zero-order chi connectivity index (χ0) is 16.4. The van der Waals surface area contributed by atoms with Crippen LogP contribution in [0.3, 0.4) is 0 Å². The third kappa shape index (κ3) is 2.86. The largest absolute Gasteiger partial charge is 0.497 e. The second kappa shape index (κ2) is 6.28. The van der Waals surface area contributed by atoms with Crippen LogP contribution < -0.4 is 10.3 Å². The van der Waals surface area contributed by atoms with E-state index in [1.807, 2.05) is 24.3 Å². The van der Waals surface area contributed by atoms with E-state index in [1.165, 1.54) is 7.11 Å². The Morgan fingerprint density at radius 1 is 1.26 bits per heavy atom. The molecule has 5 heteroatoms. The van der Waals surface area contributed by atoms with Crippen molar-refractivity contribution < 1.29 is 14.3 Å². The molecule has 1 aliphatic heterocycles. The van der Waals surface area contributed by atoms with Gasteiger partial charge in [0.05, 0.1) is 19.8 Å². The van der Waals surface area contributed by atoms with Crippen LogP contribution in [-0.4, -0.2) is 24.8 Å². The number of methoxy groups -OCH3 is 2. The van der Waals surface area contributed by atoms with Gasteiger partial charge in [0.1, 0.15) is 5.75 Å². The minimum atomic E-state index is -0.387. The second-order valence-electron chi connectivity index (χ2n) is 5.61. The number of pyridine rings is 1. The van der Waals surface area contributed by atoms with Crippen LogP contribution in [0.1, 0.15) is 33.6 Å². The summed E-state index contributed by atoms with van der Waals surface area (Å²) in [6.45, 7) is 0.657. The van der Waals surface area contributed by atoms with Crippen molar-refractivity contribution in [2.45, 2.75) is 25.8 Å². The van der Waals surface area contributed by atoms with Gasteiger partial charge in [0.25, 0.3) is 5.56 Å². The van der Waals surface area contributed by atoms with Crippen LogP contribution in [0.25, 0.3) is 0 Å². The lowest BCUT2D eigenvalue weighted by Gasteiger charge is -2.12. The first kappa shape index (κ1) is 15.3. The molecule has 1 aromatic carbocycles. The lowest BCUT2D eigenvalue weighted by Crippen LogP contribution is -2.26. The fourth-order valence-corrected chi connectivity index (χ4v) is 3.09. The quantitative estimate of drug-likeness (QED) is 0.812. The highest BCUT2D eigenvalue weighted by atomic mass is 16.5. The number of fused-ring (bicyclic) bond motifs is 1. The number of rotatable bonds is 4. The van der Waals surface area contributed by atoms with Gasteiger partial charge in [0.2, 0.25) is 0 Å². The number of benzene rings is 1. The summed E-state index contributed by atoms with van der Waals surface area (Å²) in [6, 6.07) is 9.27. The maximum atomic E-state index is 12.7. The number of carbonyl (C=O) groups excluding carboxylic acids is 1. The monoisotopic (exact) mass is 313 g/mol. The van der Waals surface area contributed by atoms with Crippen molar-refractivity contribution in [2.24, 2.45) is 0 Å². The zero-order valence-corrected chi connectivity index (χ0v) is 13.3. The molecule has 5 nitrogen and oxygen atoms in total. The molecular weight excluding hydrogens is 294 g/mol. The topological polar surface area (TPSA) is 57.5 Å².